The number of hydrogen-bond donors (Lipinski definition) is 3. The molecular weight excluding hydrogens is 880 g/mol. The summed E-state index contributed by atoms with van der Waals surface area (Å²) in [6.07, 6.45) is 9.17. The number of nitrogens with one attached hydrogen (secondary N) is 3. The number of amides is 3. The molecule has 4 aliphatic rings. The van der Waals surface area contributed by atoms with E-state index in [2.05, 4.69) is 64.6 Å². The maximum atomic E-state index is 14.8. The van der Waals surface area contributed by atoms with Crippen LogP contribution in [0.25, 0.3) is 0 Å². The molecule has 0 spiro atoms. The summed E-state index contributed by atoms with van der Waals surface area (Å²) in [5.41, 5.74) is 3.64. The molecule has 3 amide bonds. The molecule has 3 aromatic carbocycles. The Morgan fingerprint density at radius 2 is 1.70 bits per heavy atom. The Morgan fingerprint density at radius 3 is 2.45 bits per heavy atom. The van der Waals surface area contributed by atoms with Crippen LogP contribution in [-0.2, 0) is 20.7 Å². The molecule has 66 heavy (non-hydrogen) atoms. The molecule has 1 aromatic heterocycles. The largest absolute Gasteiger partial charge is 0.494 e. The van der Waals surface area contributed by atoms with Crippen LogP contribution in [0.4, 0.5) is 33.2 Å². The Morgan fingerprint density at radius 1 is 0.924 bits per heavy atom. The van der Waals surface area contributed by atoms with Gasteiger partial charge in [-0.25, -0.2) is 9.37 Å². The molecule has 4 aliphatic heterocycles. The van der Waals surface area contributed by atoms with Crippen LogP contribution < -0.4 is 30.9 Å². The standard InChI is InChI=1S/C49H58ClFN9O5P/c1-65-42-30-35(16-18-39(42)54-49-52-31-37(50)46(56-49)53-40-13-9-10-14-43(40)66(2,3)64)58-24-21-34(22-25-58)59-28-26-57(27-29-59)23-11-7-5-4-6-8-12-33-15-17-38(51)45-36(33)32-60(48(45)63)41-19-20-44(61)55-47(41)62/h9-10,13-18,30-31,34,41H,4-7,11,19-29,32H2,1-3H3,(H,55,61,62)(H2,52,53,54,56). The highest BCUT2D eigenvalue weighted by atomic mass is 35.5. The minimum atomic E-state index is -2.55. The summed E-state index contributed by atoms with van der Waals surface area (Å²) in [4.78, 5) is 55.2. The number of fused-ring (bicyclic) bond motifs is 1. The molecule has 3 N–H and O–H groups in total. The van der Waals surface area contributed by atoms with E-state index in [-0.39, 0.29) is 30.9 Å². The first-order chi connectivity index (χ1) is 31.9. The number of aromatic nitrogens is 2. The summed E-state index contributed by atoms with van der Waals surface area (Å²) in [6, 6.07) is 16.3. The predicted octanol–water partition coefficient (Wildman–Crippen LogP) is 7.36. The van der Waals surface area contributed by atoms with Crippen LogP contribution in [-0.4, -0.2) is 121 Å². The summed E-state index contributed by atoms with van der Waals surface area (Å²) in [7, 11) is -0.891. The molecule has 5 heterocycles. The third-order valence-corrected chi connectivity index (χ3v) is 14.9. The van der Waals surface area contributed by atoms with E-state index in [4.69, 9.17) is 16.3 Å². The van der Waals surface area contributed by atoms with Gasteiger partial charge in [-0.3, -0.25) is 24.6 Å². The minimum Gasteiger partial charge on any atom is -0.494 e. The average molecular weight is 938 g/mol. The summed E-state index contributed by atoms with van der Waals surface area (Å²) in [5, 5.41) is 9.89. The summed E-state index contributed by atoms with van der Waals surface area (Å²) in [6.45, 7) is 11.0. The molecule has 3 fully saturated rings. The summed E-state index contributed by atoms with van der Waals surface area (Å²) < 4.78 is 33.5. The lowest BCUT2D eigenvalue weighted by molar-refractivity contribution is -0.136. The van der Waals surface area contributed by atoms with Crippen molar-refractivity contribution in [2.24, 2.45) is 0 Å². The Labute approximate surface area is 391 Å². The van der Waals surface area contributed by atoms with Crippen molar-refractivity contribution in [1.29, 1.82) is 0 Å². The van der Waals surface area contributed by atoms with Crippen LogP contribution in [0, 0.1) is 17.7 Å². The number of nitrogens with zero attached hydrogens (tertiary/aromatic N) is 6. The first kappa shape index (κ1) is 47.0. The first-order valence-corrected chi connectivity index (χ1v) is 25.9. The van der Waals surface area contributed by atoms with Crippen LogP contribution in [0.1, 0.15) is 79.3 Å². The number of benzene rings is 3. The van der Waals surface area contributed by atoms with Crippen molar-refractivity contribution in [3.05, 3.63) is 88.3 Å². The third kappa shape index (κ3) is 11.0. The van der Waals surface area contributed by atoms with Crippen LogP contribution in [0.2, 0.25) is 5.02 Å². The van der Waals surface area contributed by atoms with Crippen LogP contribution in [0.15, 0.2) is 60.8 Å². The Bertz CT molecular complexity index is 2570. The number of piperazine rings is 1. The minimum absolute atomic E-state index is 0.0182. The fourth-order valence-corrected chi connectivity index (χ4v) is 10.7. The van der Waals surface area contributed by atoms with Gasteiger partial charge in [0.05, 0.1) is 30.2 Å². The Hall–Kier alpha value is -5.52. The van der Waals surface area contributed by atoms with Gasteiger partial charge in [-0.1, -0.05) is 48.4 Å². The number of ether oxygens (including phenoxy) is 1. The van der Waals surface area contributed by atoms with Gasteiger partial charge in [0, 0.05) is 92.9 Å². The van der Waals surface area contributed by atoms with Gasteiger partial charge in [-0.05, 0) is 88.4 Å². The Balaban J connectivity index is 0.737. The van der Waals surface area contributed by atoms with Gasteiger partial charge in [0.2, 0.25) is 17.8 Å². The van der Waals surface area contributed by atoms with Gasteiger partial charge in [0.1, 0.15) is 29.8 Å². The van der Waals surface area contributed by atoms with E-state index >= 15 is 0 Å². The van der Waals surface area contributed by atoms with Gasteiger partial charge in [0.15, 0.2) is 5.82 Å². The number of carbonyl (C=O) groups is 3. The zero-order chi connectivity index (χ0) is 46.4. The SMILES string of the molecule is COc1cc(N2CCC(N3CCN(CCCCCCC#Cc4ccc(F)c5c4CN(C4CCC(=O)NC4=O)C5=O)CC3)CC2)ccc1Nc1ncc(Cl)c(Nc2ccccc2P(C)(C)=O)n1. The second-order valence-corrected chi connectivity index (χ2v) is 21.4. The van der Waals surface area contributed by atoms with E-state index in [9.17, 15) is 23.3 Å². The second-order valence-electron chi connectivity index (χ2n) is 17.8. The van der Waals surface area contributed by atoms with E-state index in [0.717, 1.165) is 101 Å². The number of methoxy groups -OCH3 is 1. The highest BCUT2D eigenvalue weighted by Crippen LogP contribution is 2.39. The van der Waals surface area contributed by atoms with Crippen LogP contribution in [0.5, 0.6) is 5.75 Å². The number of piperidine rings is 2. The molecule has 14 nitrogen and oxygen atoms in total. The number of anilines is 5. The van der Waals surface area contributed by atoms with Crippen molar-refractivity contribution < 1.29 is 28.1 Å². The molecule has 0 aliphatic carbocycles. The van der Waals surface area contributed by atoms with Crippen molar-refractivity contribution in [1.82, 2.24) is 30.0 Å². The monoisotopic (exact) mass is 937 g/mol. The predicted molar refractivity (Wildman–Crippen MR) is 258 cm³/mol. The topological polar surface area (TPSA) is 152 Å². The molecule has 0 bridgehead atoms. The van der Waals surface area contributed by atoms with Gasteiger partial charge in [0.25, 0.3) is 5.91 Å². The molecule has 17 heteroatoms. The molecule has 0 saturated carbocycles. The molecule has 0 radical (unpaired) electrons. The second kappa shape index (κ2) is 21.0. The smallest absolute Gasteiger partial charge is 0.258 e. The van der Waals surface area contributed by atoms with Gasteiger partial charge >= 0.3 is 0 Å². The zero-order valence-corrected chi connectivity index (χ0v) is 39.5. The van der Waals surface area contributed by atoms with Crippen molar-refractivity contribution in [3.8, 4) is 17.6 Å². The molecule has 1 unspecified atom stereocenters. The maximum Gasteiger partial charge on any atom is 0.258 e. The molecule has 1 atom stereocenters. The van der Waals surface area contributed by atoms with Gasteiger partial charge < -0.3 is 34.6 Å². The summed E-state index contributed by atoms with van der Waals surface area (Å²) >= 11 is 6.49. The molecule has 3 saturated heterocycles. The van der Waals surface area contributed by atoms with Crippen molar-refractivity contribution in [2.75, 3.05) is 81.8 Å². The number of imide groups is 1. The van der Waals surface area contributed by atoms with Crippen molar-refractivity contribution in [2.45, 2.75) is 76.4 Å². The third-order valence-electron chi connectivity index (χ3n) is 13.1. The number of carbonyl (C=O) groups excluding carboxylic acids is 3. The van der Waals surface area contributed by atoms with Crippen LogP contribution in [0.3, 0.4) is 0 Å². The normalized spacial score (nSPS) is 18.4. The number of unbranched alkanes of at least 4 members (excludes halogenated alkanes) is 4. The maximum absolute atomic E-state index is 14.8. The first-order valence-electron chi connectivity index (χ1n) is 22.9. The van der Waals surface area contributed by atoms with Gasteiger partial charge in [-0.2, -0.15) is 4.98 Å². The fourth-order valence-electron chi connectivity index (χ4n) is 9.44. The molecular formula is C49H58ClFN9O5P. The zero-order valence-electron chi connectivity index (χ0n) is 37.9. The molecule has 4 aromatic rings. The van der Waals surface area contributed by atoms with E-state index in [1.165, 1.54) is 17.2 Å². The fraction of sp³-hybridized carbons (Fsp3) is 0.449. The van der Waals surface area contributed by atoms with Gasteiger partial charge in [-0.15, -0.1) is 0 Å². The quantitative estimate of drug-likeness (QED) is 0.0473. The lowest BCUT2D eigenvalue weighted by Gasteiger charge is -2.43. The number of rotatable bonds is 15. The van der Waals surface area contributed by atoms with E-state index < -0.39 is 30.8 Å². The van der Waals surface area contributed by atoms with E-state index in [1.807, 2.05) is 30.3 Å². The van der Waals surface area contributed by atoms with Crippen LogP contribution >= 0.6 is 18.7 Å². The Kier molecular flexibility index (Phi) is 14.9. The number of hydrogen-bond acceptors (Lipinski definition) is 12. The van der Waals surface area contributed by atoms with E-state index in [1.54, 1.807) is 26.5 Å². The highest BCUT2D eigenvalue weighted by molar-refractivity contribution is 7.70. The highest BCUT2D eigenvalue weighted by Gasteiger charge is 2.41. The average Bonchev–Trinajstić information content (AvgIpc) is 3.66. The number of para-hydroxylation sites is 1. The summed E-state index contributed by atoms with van der Waals surface area (Å²) in [5.74, 6) is 5.80. The molecule has 348 valence electrons. The molecule has 8 rings (SSSR count). The van der Waals surface area contributed by atoms with Crippen molar-refractivity contribution >= 4 is 70.6 Å². The van der Waals surface area contributed by atoms with E-state index in [0.29, 0.717) is 51.8 Å². The number of halogens is 2. The lowest BCUT2D eigenvalue weighted by Crippen LogP contribution is -2.53. The van der Waals surface area contributed by atoms with Crippen molar-refractivity contribution in [3.63, 3.8) is 0 Å². The lowest BCUT2D eigenvalue weighted by atomic mass is 10.0.